The maximum Gasteiger partial charge on any atom is 0.494 e. The van der Waals surface area contributed by atoms with Crippen LogP contribution in [-0.2, 0) is 61.7 Å². The molecule has 44 heavy (non-hydrogen) atoms. The van der Waals surface area contributed by atoms with Crippen molar-refractivity contribution in [2.45, 2.75) is 117 Å². The highest BCUT2D eigenvalue weighted by molar-refractivity contribution is 6.62. The summed E-state index contributed by atoms with van der Waals surface area (Å²) >= 11 is 0. The van der Waals surface area contributed by atoms with Gasteiger partial charge in [0.2, 0.25) is 0 Å². The molecule has 13 nitrogen and oxygen atoms in total. The van der Waals surface area contributed by atoms with E-state index in [-0.39, 0.29) is 0 Å². The first kappa shape index (κ1) is 35.0. The van der Waals surface area contributed by atoms with Gasteiger partial charge >= 0.3 is 37.0 Å². The number of rotatable bonds is 9. The van der Waals surface area contributed by atoms with Gasteiger partial charge in [-0.25, -0.2) is 0 Å². The molecule has 2 fully saturated rings. The van der Waals surface area contributed by atoms with Crippen molar-refractivity contribution in [1.82, 2.24) is 0 Å². The number of hydrogen-bond acceptors (Lipinski definition) is 13. The topological polar surface area (TPSA) is 159 Å². The molecule has 0 amide bonds. The fourth-order valence-electron chi connectivity index (χ4n) is 5.14. The molecule has 1 aromatic carbocycles. The molecule has 242 valence electrons. The summed E-state index contributed by atoms with van der Waals surface area (Å²) in [7, 11) is -0.661. The van der Waals surface area contributed by atoms with Crippen molar-refractivity contribution in [3.63, 3.8) is 0 Å². The van der Waals surface area contributed by atoms with Gasteiger partial charge < -0.3 is 37.7 Å². The Morgan fingerprint density at radius 2 is 1.30 bits per heavy atom. The molecule has 2 aliphatic heterocycles. The second-order valence-electron chi connectivity index (χ2n) is 11.9. The van der Waals surface area contributed by atoms with E-state index in [2.05, 4.69) is 0 Å². The van der Waals surface area contributed by atoms with Gasteiger partial charge in [-0.2, -0.15) is 0 Å². The van der Waals surface area contributed by atoms with Crippen LogP contribution in [0.5, 0.6) is 0 Å². The molecule has 0 spiro atoms. The van der Waals surface area contributed by atoms with Crippen LogP contribution < -0.4 is 5.46 Å². The Bertz CT molecular complexity index is 1260. The Hall–Kier alpha value is -3.49. The first-order valence-corrected chi connectivity index (χ1v) is 14.3. The predicted octanol–water partition coefficient (Wildman–Crippen LogP) is 2.02. The van der Waals surface area contributed by atoms with Crippen LogP contribution in [-0.4, -0.2) is 85.3 Å². The SMILES string of the molecule is CC(=O)OCC1OC([C@H](OC(C)=O)c2ccc(B3OC(C)(C)C(C)(C)O3)cc2C)C(OC(C)=O)C(OC(C)=O)C1OC(C)=O. The van der Waals surface area contributed by atoms with Gasteiger partial charge in [-0.15, -0.1) is 0 Å². The molecule has 0 aliphatic carbocycles. The van der Waals surface area contributed by atoms with Gasteiger partial charge in [-0.1, -0.05) is 18.2 Å². The largest absolute Gasteiger partial charge is 0.494 e. The highest BCUT2D eigenvalue weighted by Crippen LogP contribution is 2.39. The van der Waals surface area contributed by atoms with Crippen molar-refractivity contribution >= 4 is 42.4 Å². The van der Waals surface area contributed by atoms with Gasteiger partial charge in [0.25, 0.3) is 0 Å². The average Bonchev–Trinajstić information content (AvgIpc) is 3.09. The molecule has 0 radical (unpaired) electrons. The standard InChI is InChI=1S/C30H41BO13/c1-15-13-21(31-43-29(7,8)30(9,10)44-31)11-12-22(15)24(38-17(3)33)26-28(41-20(6)36)27(40-19(5)35)25(39-18(4)34)23(42-26)14-37-16(2)32/h11-13,23-28H,14H2,1-10H3/t23?,24-,25?,26?,27?,28?/m1/s1. The molecule has 6 atom stereocenters. The number of benzene rings is 1. The molecule has 2 saturated heterocycles. The van der Waals surface area contributed by atoms with Crippen molar-refractivity contribution in [3.8, 4) is 0 Å². The minimum absolute atomic E-state index is 0.416. The van der Waals surface area contributed by atoms with Gasteiger partial charge in [0.1, 0.15) is 18.8 Å². The van der Waals surface area contributed by atoms with Crippen molar-refractivity contribution in [3.05, 3.63) is 29.3 Å². The van der Waals surface area contributed by atoms with E-state index in [9.17, 15) is 24.0 Å². The summed E-state index contributed by atoms with van der Waals surface area (Å²) in [6.07, 6.45) is -7.91. The molecular formula is C30H41BO13. The summed E-state index contributed by atoms with van der Waals surface area (Å²) in [5.41, 5.74) is 0.697. The lowest BCUT2D eigenvalue weighted by atomic mass is 9.77. The highest BCUT2D eigenvalue weighted by Gasteiger charge is 2.56. The van der Waals surface area contributed by atoms with Crippen molar-refractivity contribution in [2.75, 3.05) is 6.61 Å². The summed E-state index contributed by atoms with van der Waals surface area (Å²) in [6, 6.07) is 5.28. The monoisotopic (exact) mass is 620 g/mol. The Morgan fingerprint density at radius 1 is 0.773 bits per heavy atom. The van der Waals surface area contributed by atoms with Gasteiger partial charge in [0, 0.05) is 34.6 Å². The van der Waals surface area contributed by atoms with Crippen LogP contribution in [0.1, 0.15) is 79.5 Å². The lowest BCUT2D eigenvalue weighted by Crippen LogP contribution is -2.63. The van der Waals surface area contributed by atoms with Gasteiger partial charge in [-0.05, 0) is 51.2 Å². The third-order valence-corrected chi connectivity index (χ3v) is 7.74. The fraction of sp³-hybridized carbons (Fsp3) is 0.633. The lowest BCUT2D eigenvalue weighted by molar-refractivity contribution is -0.268. The minimum atomic E-state index is -1.42. The number of esters is 5. The number of aryl methyl sites for hydroxylation is 1. The summed E-state index contributed by atoms with van der Waals surface area (Å²) in [5.74, 6) is -3.63. The van der Waals surface area contributed by atoms with Crippen LogP contribution in [0.4, 0.5) is 0 Å². The molecule has 0 N–H and O–H groups in total. The maximum atomic E-state index is 12.4. The minimum Gasteiger partial charge on any atom is -0.463 e. The fourth-order valence-corrected chi connectivity index (χ4v) is 5.14. The highest BCUT2D eigenvalue weighted by atomic mass is 16.7. The first-order chi connectivity index (χ1) is 20.3. The van der Waals surface area contributed by atoms with Crippen molar-refractivity contribution in [1.29, 1.82) is 0 Å². The molecule has 0 aromatic heterocycles. The first-order valence-electron chi connectivity index (χ1n) is 14.3. The quantitative estimate of drug-likeness (QED) is 0.224. The van der Waals surface area contributed by atoms with E-state index in [4.69, 9.17) is 37.7 Å². The van der Waals surface area contributed by atoms with Crippen LogP contribution in [0.3, 0.4) is 0 Å². The van der Waals surface area contributed by atoms with Gasteiger partial charge in [0.05, 0.1) is 11.2 Å². The van der Waals surface area contributed by atoms with E-state index in [1.807, 2.05) is 33.8 Å². The zero-order chi connectivity index (χ0) is 33.1. The summed E-state index contributed by atoms with van der Waals surface area (Å²) in [5, 5.41) is 0. The molecular weight excluding hydrogens is 579 g/mol. The number of carbonyl (C=O) groups is 5. The molecule has 0 saturated carbocycles. The Morgan fingerprint density at radius 3 is 1.77 bits per heavy atom. The van der Waals surface area contributed by atoms with E-state index < -0.39 is 91.4 Å². The maximum absolute atomic E-state index is 12.4. The molecule has 1 aromatic rings. The van der Waals surface area contributed by atoms with E-state index in [0.29, 0.717) is 16.6 Å². The summed E-state index contributed by atoms with van der Waals surface area (Å²) in [4.78, 5) is 60.8. The van der Waals surface area contributed by atoms with Gasteiger partial charge in [0.15, 0.2) is 24.4 Å². The van der Waals surface area contributed by atoms with Crippen LogP contribution >= 0.6 is 0 Å². The van der Waals surface area contributed by atoms with E-state index >= 15 is 0 Å². The summed E-state index contributed by atoms with van der Waals surface area (Å²) in [6.45, 7) is 14.9. The zero-order valence-corrected chi connectivity index (χ0v) is 26.8. The van der Waals surface area contributed by atoms with Gasteiger partial charge in [-0.3, -0.25) is 24.0 Å². The zero-order valence-electron chi connectivity index (χ0n) is 26.8. The number of hydrogen-bond donors (Lipinski definition) is 0. The molecule has 5 unspecified atom stereocenters. The van der Waals surface area contributed by atoms with E-state index in [1.54, 1.807) is 19.1 Å². The number of ether oxygens (including phenoxy) is 6. The normalized spacial score (nSPS) is 26.2. The second-order valence-corrected chi connectivity index (χ2v) is 11.9. The van der Waals surface area contributed by atoms with Crippen molar-refractivity contribution < 1.29 is 61.7 Å². The van der Waals surface area contributed by atoms with Crippen LogP contribution in [0, 0.1) is 6.92 Å². The average molecular weight is 620 g/mol. The molecule has 0 bridgehead atoms. The second kappa shape index (κ2) is 13.7. The third-order valence-electron chi connectivity index (χ3n) is 7.74. The Balaban J connectivity index is 2.12. The molecule has 2 heterocycles. The van der Waals surface area contributed by atoms with Crippen LogP contribution in [0.15, 0.2) is 18.2 Å². The van der Waals surface area contributed by atoms with E-state index in [1.165, 1.54) is 13.8 Å². The van der Waals surface area contributed by atoms with Crippen LogP contribution in [0.25, 0.3) is 0 Å². The smallest absolute Gasteiger partial charge is 0.463 e. The molecule has 14 heteroatoms. The Kier molecular flexibility index (Phi) is 10.9. The van der Waals surface area contributed by atoms with E-state index in [0.717, 1.165) is 20.8 Å². The third kappa shape index (κ3) is 8.16. The molecule has 3 rings (SSSR count). The predicted molar refractivity (Wildman–Crippen MR) is 153 cm³/mol. The number of carbonyl (C=O) groups excluding carboxylic acids is 5. The van der Waals surface area contributed by atoms with Crippen LogP contribution in [0.2, 0.25) is 0 Å². The molecule has 2 aliphatic rings. The summed E-state index contributed by atoms with van der Waals surface area (Å²) < 4.78 is 46.2. The lowest BCUT2D eigenvalue weighted by Gasteiger charge is -2.46. The Labute approximate surface area is 257 Å². The van der Waals surface area contributed by atoms with Crippen molar-refractivity contribution in [2.24, 2.45) is 0 Å².